The van der Waals surface area contributed by atoms with Crippen LogP contribution in [0.5, 0.6) is 0 Å². The fraction of sp³-hybridized carbons (Fsp3) is 0.0870. The van der Waals surface area contributed by atoms with Crippen molar-refractivity contribution in [2.24, 2.45) is 0 Å². The highest BCUT2D eigenvalue weighted by Crippen LogP contribution is 2.31. The fourth-order valence-corrected chi connectivity index (χ4v) is 4.49. The summed E-state index contributed by atoms with van der Waals surface area (Å²) in [5.41, 5.74) is 2.67. The molecule has 0 bridgehead atoms. The maximum Gasteiger partial charge on any atom is 0.249 e. The van der Waals surface area contributed by atoms with Crippen molar-refractivity contribution in [1.29, 1.82) is 0 Å². The monoisotopic (exact) mass is 494 g/mol. The smallest absolute Gasteiger partial charge is 0.249 e. The lowest BCUT2D eigenvalue weighted by atomic mass is 10.2. The van der Waals surface area contributed by atoms with Gasteiger partial charge in [-0.3, -0.25) is 9.55 Å². The van der Waals surface area contributed by atoms with Crippen LogP contribution in [0, 0.1) is 0 Å². The summed E-state index contributed by atoms with van der Waals surface area (Å²) in [5, 5.41) is 18.8. The Morgan fingerprint density at radius 1 is 0.909 bits per heavy atom. The third kappa shape index (κ3) is 4.93. The summed E-state index contributed by atoms with van der Waals surface area (Å²) in [4.78, 5) is 4.22. The highest BCUT2D eigenvalue weighted by atomic mass is 35.5. The Balaban J connectivity index is 1.40. The van der Waals surface area contributed by atoms with Crippen LogP contribution in [0.1, 0.15) is 11.5 Å². The molecular formula is C23H16Cl2N6OS. The van der Waals surface area contributed by atoms with Crippen molar-refractivity contribution < 1.29 is 4.42 Å². The lowest BCUT2D eigenvalue weighted by molar-refractivity contribution is 0.528. The fourth-order valence-electron chi connectivity index (χ4n) is 3.22. The van der Waals surface area contributed by atoms with Gasteiger partial charge in [0.2, 0.25) is 11.8 Å². The third-order valence-electron chi connectivity index (χ3n) is 4.77. The molecule has 0 unspecified atom stereocenters. The number of halogens is 2. The Morgan fingerprint density at radius 3 is 2.58 bits per heavy atom. The van der Waals surface area contributed by atoms with E-state index in [0.29, 0.717) is 39.7 Å². The van der Waals surface area contributed by atoms with Gasteiger partial charge in [0.1, 0.15) is 0 Å². The van der Waals surface area contributed by atoms with Crippen LogP contribution < -0.4 is 0 Å². The molecule has 0 saturated carbocycles. The summed E-state index contributed by atoms with van der Waals surface area (Å²) >= 11 is 13.7. The molecule has 5 rings (SSSR count). The first kappa shape index (κ1) is 21.6. The van der Waals surface area contributed by atoms with Crippen LogP contribution in [-0.2, 0) is 12.3 Å². The molecule has 0 amide bonds. The molecule has 2 aromatic carbocycles. The third-order valence-corrected chi connectivity index (χ3v) is 6.27. The zero-order valence-electron chi connectivity index (χ0n) is 17.1. The average Bonchev–Trinajstić information content (AvgIpc) is 3.46. The second kappa shape index (κ2) is 9.74. The van der Waals surface area contributed by atoms with E-state index in [9.17, 15) is 0 Å². The quantitative estimate of drug-likeness (QED) is 0.255. The zero-order valence-corrected chi connectivity index (χ0v) is 19.4. The molecule has 5 aromatic rings. The van der Waals surface area contributed by atoms with E-state index in [-0.39, 0.29) is 0 Å². The van der Waals surface area contributed by atoms with Gasteiger partial charge in [-0.25, -0.2) is 0 Å². The Kier molecular flexibility index (Phi) is 6.39. The highest BCUT2D eigenvalue weighted by molar-refractivity contribution is 7.98. The number of aromatic nitrogens is 6. The number of rotatable bonds is 7. The van der Waals surface area contributed by atoms with E-state index in [1.807, 2.05) is 30.3 Å². The van der Waals surface area contributed by atoms with Crippen LogP contribution in [0.4, 0.5) is 0 Å². The van der Waals surface area contributed by atoms with Crippen LogP contribution in [0.2, 0.25) is 10.0 Å². The molecule has 0 aliphatic rings. The predicted octanol–water partition coefficient (Wildman–Crippen LogP) is 6.04. The molecule has 33 heavy (non-hydrogen) atoms. The van der Waals surface area contributed by atoms with Gasteiger partial charge in [-0.2, -0.15) is 0 Å². The minimum absolute atomic E-state index is 0.342. The number of benzene rings is 2. The summed E-state index contributed by atoms with van der Waals surface area (Å²) < 4.78 is 7.88. The maximum absolute atomic E-state index is 6.26. The second-order valence-electron chi connectivity index (χ2n) is 7.03. The highest BCUT2D eigenvalue weighted by Gasteiger charge is 2.17. The van der Waals surface area contributed by atoms with Gasteiger partial charge < -0.3 is 4.42 Å². The maximum atomic E-state index is 6.26. The normalized spacial score (nSPS) is 11.1. The zero-order chi connectivity index (χ0) is 22.6. The van der Waals surface area contributed by atoms with Crippen molar-refractivity contribution in [3.05, 3.63) is 94.6 Å². The molecule has 3 aromatic heterocycles. The largest absolute Gasteiger partial charge is 0.420 e. The van der Waals surface area contributed by atoms with Gasteiger partial charge in [-0.15, -0.1) is 20.4 Å². The first-order valence-electron chi connectivity index (χ1n) is 9.95. The van der Waals surface area contributed by atoms with Crippen molar-refractivity contribution in [2.45, 2.75) is 17.5 Å². The van der Waals surface area contributed by atoms with E-state index in [2.05, 4.69) is 42.1 Å². The molecule has 0 radical (unpaired) electrons. The Hall–Kier alpha value is -3.20. The van der Waals surface area contributed by atoms with E-state index in [4.69, 9.17) is 27.6 Å². The summed E-state index contributed by atoms with van der Waals surface area (Å²) in [6.07, 6.45) is 3.51. The number of pyridine rings is 1. The number of thioether (sulfide) groups is 1. The summed E-state index contributed by atoms with van der Waals surface area (Å²) in [5.74, 6) is 1.97. The second-order valence-corrected chi connectivity index (χ2v) is 8.82. The minimum atomic E-state index is 0.342. The molecule has 0 N–H and O–H groups in total. The average molecular weight is 495 g/mol. The Labute approximate surface area is 203 Å². The summed E-state index contributed by atoms with van der Waals surface area (Å²) in [7, 11) is 0. The van der Waals surface area contributed by atoms with Gasteiger partial charge in [0.25, 0.3) is 0 Å². The molecule has 0 aliphatic carbocycles. The first-order valence-corrected chi connectivity index (χ1v) is 11.7. The van der Waals surface area contributed by atoms with Crippen LogP contribution in [-0.4, -0.2) is 29.9 Å². The molecule has 164 valence electrons. The topological polar surface area (TPSA) is 82.5 Å². The number of hydrogen-bond donors (Lipinski definition) is 0. The number of nitrogens with zero attached hydrogens (tertiary/aromatic N) is 6. The Bertz CT molecular complexity index is 1370. The molecule has 0 spiro atoms. The molecule has 7 nitrogen and oxygen atoms in total. The molecule has 0 saturated heterocycles. The van der Waals surface area contributed by atoms with Gasteiger partial charge in [0.15, 0.2) is 11.0 Å². The van der Waals surface area contributed by atoms with Gasteiger partial charge in [-0.05, 0) is 35.9 Å². The number of hydrogen-bond acceptors (Lipinski definition) is 7. The predicted molar refractivity (Wildman–Crippen MR) is 128 cm³/mol. The molecule has 3 heterocycles. The first-order chi connectivity index (χ1) is 16.2. The van der Waals surface area contributed by atoms with E-state index in [1.165, 1.54) is 11.8 Å². The van der Waals surface area contributed by atoms with Crippen molar-refractivity contribution in [3.63, 3.8) is 0 Å². The van der Waals surface area contributed by atoms with E-state index >= 15 is 0 Å². The van der Waals surface area contributed by atoms with Gasteiger partial charge in [0, 0.05) is 23.0 Å². The summed E-state index contributed by atoms with van der Waals surface area (Å²) in [6, 6.07) is 19.1. The van der Waals surface area contributed by atoms with Crippen LogP contribution in [0.3, 0.4) is 0 Å². The van der Waals surface area contributed by atoms with Crippen LogP contribution >= 0.6 is 35.0 Å². The molecule has 10 heteroatoms. The van der Waals surface area contributed by atoms with Crippen molar-refractivity contribution >= 4 is 35.0 Å². The van der Waals surface area contributed by atoms with E-state index < -0.39 is 0 Å². The van der Waals surface area contributed by atoms with Crippen molar-refractivity contribution in [2.75, 3.05) is 0 Å². The van der Waals surface area contributed by atoms with E-state index in [1.54, 1.807) is 30.6 Å². The molecule has 0 fully saturated rings. The standard InChI is InChI=1S/C23H16Cl2N6OS/c24-17-8-9-18(19(25)11-17)22-29-27-20(32-22)14-33-23-30-28-21(16-7-4-10-26-12-16)31(23)13-15-5-2-1-3-6-15/h1-12H,13-14H2. The minimum Gasteiger partial charge on any atom is -0.420 e. The van der Waals surface area contributed by atoms with Crippen LogP contribution in [0.15, 0.2) is 82.6 Å². The molecule has 0 atom stereocenters. The Morgan fingerprint density at radius 2 is 1.79 bits per heavy atom. The van der Waals surface area contributed by atoms with Crippen molar-refractivity contribution in [1.82, 2.24) is 29.9 Å². The van der Waals surface area contributed by atoms with Crippen LogP contribution in [0.25, 0.3) is 22.8 Å². The van der Waals surface area contributed by atoms with Crippen molar-refractivity contribution in [3.8, 4) is 22.8 Å². The van der Waals surface area contributed by atoms with Gasteiger partial charge in [0.05, 0.1) is 22.9 Å². The van der Waals surface area contributed by atoms with E-state index in [0.717, 1.165) is 22.1 Å². The lowest BCUT2D eigenvalue weighted by Crippen LogP contribution is -2.04. The summed E-state index contributed by atoms with van der Waals surface area (Å²) in [6.45, 7) is 0.621. The van der Waals surface area contributed by atoms with Gasteiger partial charge >= 0.3 is 0 Å². The molecular weight excluding hydrogens is 479 g/mol. The SMILES string of the molecule is Clc1ccc(-c2nnc(CSc3nnc(-c4cccnc4)n3Cc3ccccc3)o2)c(Cl)c1. The molecule has 0 aliphatic heterocycles. The van der Waals surface area contributed by atoms with Gasteiger partial charge in [-0.1, -0.05) is 65.3 Å². The lowest BCUT2D eigenvalue weighted by Gasteiger charge is -2.10.